The third kappa shape index (κ3) is 2.32. The van der Waals surface area contributed by atoms with E-state index in [1.54, 1.807) is 7.11 Å². The Bertz CT molecular complexity index is 407. The predicted octanol–water partition coefficient (Wildman–Crippen LogP) is 2.73. The van der Waals surface area contributed by atoms with Crippen LogP contribution in [0.5, 0.6) is 5.75 Å². The quantitative estimate of drug-likeness (QED) is 0.887. The van der Waals surface area contributed by atoms with Gasteiger partial charge in [0.15, 0.2) is 0 Å². The van der Waals surface area contributed by atoms with Gasteiger partial charge in [-0.15, -0.1) is 0 Å². The molecule has 2 unspecified atom stereocenters. The maximum atomic E-state index is 5.28. The van der Waals surface area contributed by atoms with Gasteiger partial charge in [0.2, 0.25) is 0 Å². The maximum Gasteiger partial charge on any atom is 0.120 e. The van der Waals surface area contributed by atoms with Crippen molar-refractivity contribution in [2.24, 2.45) is 0 Å². The number of rotatable bonds is 3. The third-order valence-corrected chi connectivity index (χ3v) is 4.28. The Hall–Kier alpha value is -1.22. The van der Waals surface area contributed by atoms with Gasteiger partial charge < -0.3 is 10.1 Å². The molecule has 98 valence electrons. The molecule has 2 aliphatic heterocycles. The van der Waals surface area contributed by atoms with Crippen LogP contribution < -0.4 is 10.1 Å². The van der Waals surface area contributed by atoms with Crippen LogP contribution in [-0.4, -0.2) is 37.2 Å². The first kappa shape index (κ1) is 11.8. The van der Waals surface area contributed by atoms with Crippen molar-refractivity contribution in [1.82, 2.24) is 4.90 Å². The second-order valence-electron chi connectivity index (χ2n) is 5.37. The molecule has 2 atom stereocenters. The predicted molar refractivity (Wildman–Crippen MR) is 74.2 cm³/mol. The highest BCUT2D eigenvalue weighted by molar-refractivity contribution is 5.49. The van der Waals surface area contributed by atoms with Gasteiger partial charge in [-0.25, -0.2) is 0 Å². The Morgan fingerprint density at radius 2 is 2.17 bits per heavy atom. The van der Waals surface area contributed by atoms with Gasteiger partial charge in [-0.3, -0.25) is 4.90 Å². The molecular weight excluding hydrogens is 224 g/mol. The van der Waals surface area contributed by atoms with Gasteiger partial charge in [0, 0.05) is 30.4 Å². The molecular formula is C15H22N2O. The van der Waals surface area contributed by atoms with E-state index in [1.165, 1.54) is 44.5 Å². The first-order valence-corrected chi connectivity index (χ1v) is 7.01. The summed E-state index contributed by atoms with van der Waals surface area (Å²) in [5, 5.41) is 3.69. The summed E-state index contributed by atoms with van der Waals surface area (Å²) in [4.78, 5) is 2.65. The number of hydrogen-bond acceptors (Lipinski definition) is 3. The van der Waals surface area contributed by atoms with E-state index < -0.39 is 0 Å². The minimum absolute atomic E-state index is 0.609. The van der Waals surface area contributed by atoms with Crippen LogP contribution in [0.1, 0.15) is 25.7 Å². The molecule has 2 saturated heterocycles. The molecule has 1 aromatic rings. The molecule has 2 fully saturated rings. The van der Waals surface area contributed by atoms with Crippen molar-refractivity contribution in [2.75, 3.05) is 25.5 Å². The smallest absolute Gasteiger partial charge is 0.120 e. The number of piperidine rings is 1. The lowest BCUT2D eigenvalue weighted by Gasteiger charge is -2.33. The number of fused-ring (bicyclic) bond motifs is 1. The summed E-state index contributed by atoms with van der Waals surface area (Å²) in [6.45, 7) is 2.55. The number of nitrogens with one attached hydrogen (secondary N) is 1. The molecule has 0 amide bonds. The standard InChI is InChI=1S/C15H22N2O/c1-18-13-6-4-5-12(11-13)16-14-8-10-17-9-3-2-7-15(14)17/h4-6,11,14-16H,2-3,7-10H2,1H3. The number of nitrogens with zero attached hydrogens (tertiary/aromatic N) is 1. The Kier molecular flexibility index (Phi) is 3.41. The van der Waals surface area contributed by atoms with Crippen molar-refractivity contribution >= 4 is 5.69 Å². The average Bonchev–Trinajstić information content (AvgIpc) is 2.83. The van der Waals surface area contributed by atoms with E-state index in [-0.39, 0.29) is 0 Å². The van der Waals surface area contributed by atoms with Gasteiger partial charge >= 0.3 is 0 Å². The van der Waals surface area contributed by atoms with Crippen molar-refractivity contribution in [3.8, 4) is 5.75 Å². The van der Waals surface area contributed by atoms with Crippen LogP contribution in [0.3, 0.4) is 0 Å². The molecule has 0 spiro atoms. The molecule has 0 aliphatic carbocycles. The highest BCUT2D eigenvalue weighted by atomic mass is 16.5. The lowest BCUT2D eigenvalue weighted by Crippen LogP contribution is -2.41. The molecule has 0 aromatic heterocycles. The highest BCUT2D eigenvalue weighted by Gasteiger charge is 2.35. The first-order valence-electron chi connectivity index (χ1n) is 7.01. The van der Waals surface area contributed by atoms with Gasteiger partial charge in [0.1, 0.15) is 5.75 Å². The lowest BCUT2D eigenvalue weighted by molar-refractivity contribution is 0.193. The van der Waals surface area contributed by atoms with E-state index in [0.717, 1.165) is 11.8 Å². The molecule has 2 aliphatic rings. The highest BCUT2D eigenvalue weighted by Crippen LogP contribution is 2.30. The summed E-state index contributed by atoms with van der Waals surface area (Å²) in [6, 6.07) is 9.61. The van der Waals surface area contributed by atoms with Gasteiger partial charge in [0.25, 0.3) is 0 Å². The molecule has 0 bridgehead atoms. The zero-order valence-electron chi connectivity index (χ0n) is 11.1. The van der Waals surface area contributed by atoms with E-state index in [0.29, 0.717) is 6.04 Å². The maximum absolute atomic E-state index is 5.28. The van der Waals surface area contributed by atoms with Crippen LogP contribution in [0.4, 0.5) is 5.69 Å². The molecule has 3 rings (SSSR count). The van der Waals surface area contributed by atoms with Crippen LogP contribution in [0.25, 0.3) is 0 Å². The van der Waals surface area contributed by atoms with Crippen molar-refractivity contribution in [3.05, 3.63) is 24.3 Å². The van der Waals surface area contributed by atoms with Gasteiger partial charge in [-0.1, -0.05) is 12.5 Å². The summed E-state index contributed by atoms with van der Waals surface area (Å²) < 4.78 is 5.28. The zero-order chi connectivity index (χ0) is 12.4. The Labute approximate surface area is 109 Å². The lowest BCUT2D eigenvalue weighted by atomic mass is 9.99. The molecule has 3 nitrogen and oxygen atoms in total. The Balaban J connectivity index is 1.68. The van der Waals surface area contributed by atoms with Crippen LogP contribution in [-0.2, 0) is 0 Å². The van der Waals surface area contributed by atoms with E-state index in [4.69, 9.17) is 4.74 Å². The van der Waals surface area contributed by atoms with Crippen molar-refractivity contribution in [2.45, 2.75) is 37.8 Å². The summed E-state index contributed by atoms with van der Waals surface area (Å²) in [6.07, 6.45) is 5.38. The first-order chi connectivity index (χ1) is 8.86. The number of hydrogen-bond donors (Lipinski definition) is 1. The van der Waals surface area contributed by atoms with Crippen LogP contribution >= 0.6 is 0 Å². The minimum atomic E-state index is 0.609. The van der Waals surface area contributed by atoms with E-state index in [9.17, 15) is 0 Å². The molecule has 18 heavy (non-hydrogen) atoms. The molecule has 0 saturated carbocycles. The zero-order valence-corrected chi connectivity index (χ0v) is 11.1. The van der Waals surface area contributed by atoms with Gasteiger partial charge in [0.05, 0.1) is 7.11 Å². The fraction of sp³-hybridized carbons (Fsp3) is 0.600. The largest absolute Gasteiger partial charge is 0.497 e. The fourth-order valence-corrected chi connectivity index (χ4v) is 3.34. The van der Waals surface area contributed by atoms with Crippen LogP contribution in [0, 0.1) is 0 Å². The molecule has 1 N–H and O–H groups in total. The summed E-state index contributed by atoms with van der Waals surface area (Å²) in [7, 11) is 1.72. The fourth-order valence-electron chi connectivity index (χ4n) is 3.34. The SMILES string of the molecule is COc1cccc(NC2CCN3CCCCC23)c1. The number of anilines is 1. The summed E-state index contributed by atoms with van der Waals surface area (Å²) >= 11 is 0. The van der Waals surface area contributed by atoms with E-state index >= 15 is 0 Å². The van der Waals surface area contributed by atoms with E-state index in [1.807, 2.05) is 6.07 Å². The number of methoxy groups -OCH3 is 1. The Morgan fingerprint density at radius 1 is 1.22 bits per heavy atom. The molecule has 1 aromatic carbocycles. The van der Waals surface area contributed by atoms with Crippen molar-refractivity contribution in [3.63, 3.8) is 0 Å². The molecule has 3 heteroatoms. The van der Waals surface area contributed by atoms with Gasteiger partial charge in [-0.2, -0.15) is 0 Å². The number of ether oxygens (including phenoxy) is 1. The van der Waals surface area contributed by atoms with Crippen LogP contribution in [0.15, 0.2) is 24.3 Å². The van der Waals surface area contributed by atoms with Crippen molar-refractivity contribution < 1.29 is 4.74 Å². The van der Waals surface area contributed by atoms with Gasteiger partial charge in [-0.05, 0) is 37.9 Å². The summed E-state index contributed by atoms with van der Waals surface area (Å²) in [5.41, 5.74) is 1.19. The third-order valence-electron chi connectivity index (χ3n) is 4.28. The topological polar surface area (TPSA) is 24.5 Å². The monoisotopic (exact) mass is 246 g/mol. The average molecular weight is 246 g/mol. The molecule has 0 radical (unpaired) electrons. The summed E-state index contributed by atoms with van der Waals surface area (Å²) in [5.74, 6) is 0.929. The Morgan fingerprint density at radius 3 is 3.06 bits per heavy atom. The van der Waals surface area contributed by atoms with Crippen LogP contribution in [0.2, 0.25) is 0 Å². The normalized spacial score (nSPS) is 27.8. The minimum Gasteiger partial charge on any atom is -0.497 e. The van der Waals surface area contributed by atoms with E-state index in [2.05, 4.69) is 28.4 Å². The second kappa shape index (κ2) is 5.19. The second-order valence-corrected chi connectivity index (χ2v) is 5.37. The molecule has 2 heterocycles. The number of benzene rings is 1. The van der Waals surface area contributed by atoms with Crippen molar-refractivity contribution in [1.29, 1.82) is 0 Å².